The summed E-state index contributed by atoms with van der Waals surface area (Å²) in [6, 6.07) is 10.2. The monoisotopic (exact) mass is 388 g/mol. The van der Waals surface area contributed by atoms with E-state index in [1.54, 1.807) is 0 Å². The summed E-state index contributed by atoms with van der Waals surface area (Å²) in [4.78, 5) is 16.3. The van der Waals surface area contributed by atoms with Crippen molar-refractivity contribution in [2.45, 2.75) is 39.5 Å². The normalized spacial score (nSPS) is 14.6. The van der Waals surface area contributed by atoms with Gasteiger partial charge in [0.05, 0.1) is 17.0 Å². The van der Waals surface area contributed by atoms with Crippen LogP contribution in [-0.2, 0) is 6.42 Å². The van der Waals surface area contributed by atoms with Crippen LogP contribution in [0.15, 0.2) is 53.5 Å². The number of aromatic amines is 2. The number of aromatic nitrogens is 3. The van der Waals surface area contributed by atoms with Crippen molar-refractivity contribution in [2.75, 3.05) is 6.54 Å². The molecule has 3 heterocycles. The van der Waals surface area contributed by atoms with E-state index in [9.17, 15) is 4.79 Å². The van der Waals surface area contributed by atoms with Gasteiger partial charge in [-0.05, 0) is 42.3 Å². The summed E-state index contributed by atoms with van der Waals surface area (Å²) in [5.41, 5.74) is 5.51. The minimum absolute atomic E-state index is 0.163. The molecule has 0 spiro atoms. The summed E-state index contributed by atoms with van der Waals surface area (Å²) in [7, 11) is 0. The largest absolute Gasteiger partial charge is 0.387 e. The van der Waals surface area contributed by atoms with Crippen molar-refractivity contribution in [3.05, 3.63) is 70.3 Å². The second-order valence-electron chi connectivity index (χ2n) is 7.69. The topological polar surface area (TPSA) is 73.6 Å². The van der Waals surface area contributed by atoms with Crippen LogP contribution in [0.1, 0.15) is 44.4 Å². The lowest BCUT2D eigenvalue weighted by molar-refractivity contribution is 0.464. The first-order valence-electron chi connectivity index (χ1n) is 10.5. The van der Waals surface area contributed by atoms with Crippen LogP contribution < -0.4 is 10.9 Å². The number of fused-ring (bicyclic) bond motifs is 1. The van der Waals surface area contributed by atoms with E-state index < -0.39 is 0 Å². The molecule has 0 aliphatic carbocycles. The average Bonchev–Trinajstić information content (AvgIpc) is 3.12. The fourth-order valence-corrected chi connectivity index (χ4v) is 4.17. The molecule has 1 atom stereocenters. The molecule has 0 bridgehead atoms. The second-order valence-corrected chi connectivity index (χ2v) is 7.69. The third kappa shape index (κ3) is 3.90. The molecule has 3 N–H and O–H groups in total. The molecule has 2 aromatic heterocycles. The van der Waals surface area contributed by atoms with E-state index in [1.165, 1.54) is 23.8 Å². The predicted molar refractivity (Wildman–Crippen MR) is 120 cm³/mol. The molecule has 5 nitrogen and oxygen atoms in total. The number of rotatable bonds is 7. The number of H-pyrrole nitrogens is 2. The van der Waals surface area contributed by atoms with Gasteiger partial charge in [-0.1, -0.05) is 57.4 Å². The molecule has 1 aromatic carbocycles. The van der Waals surface area contributed by atoms with Crippen LogP contribution in [0, 0.1) is 5.92 Å². The first-order valence-corrected chi connectivity index (χ1v) is 10.5. The SMILES string of the molecule is CCCC(CC)Cc1c(-c2cc(C3=CCNC=C3)n[nH]c2=O)[nH]c2ccccc12. The van der Waals surface area contributed by atoms with Gasteiger partial charge in [0.25, 0.3) is 5.56 Å². The van der Waals surface area contributed by atoms with Gasteiger partial charge >= 0.3 is 0 Å². The number of hydrogen-bond donors (Lipinski definition) is 3. The lowest BCUT2D eigenvalue weighted by Gasteiger charge is -2.15. The number of hydrogen-bond acceptors (Lipinski definition) is 3. The van der Waals surface area contributed by atoms with Crippen LogP contribution in [0.5, 0.6) is 0 Å². The molecule has 0 saturated carbocycles. The summed E-state index contributed by atoms with van der Waals surface area (Å²) in [6.07, 6.45) is 10.4. The standard InChI is InChI=1S/C24H28N4O/c1-3-7-16(4-2)14-19-18-8-5-6-9-21(18)26-23(19)20-15-22(27-28-24(20)29)17-10-12-25-13-11-17/h5-6,8-12,15-16,25-26H,3-4,7,13-14H2,1-2H3,(H,28,29). The van der Waals surface area contributed by atoms with Gasteiger partial charge in [0.2, 0.25) is 0 Å². The van der Waals surface area contributed by atoms with Gasteiger partial charge < -0.3 is 10.3 Å². The van der Waals surface area contributed by atoms with Crippen molar-refractivity contribution < 1.29 is 0 Å². The molecular weight excluding hydrogens is 360 g/mol. The highest BCUT2D eigenvalue weighted by atomic mass is 16.1. The van der Waals surface area contributed by atoms with Crippen molar-refractivity contribution in [2.24, 2.45) is 5.92 Å². The van der Waals surface area contributed by atoms with Crippen LogP contribution in [0.4, 0.5) is 0 Å². The van der Waals surface area contributed by atoms with Crippen molar-refractivity contribution >= 4 is 16.5 Å². The van der Waals surface area contributed by atoms with E-state index >= 15 is 0 Å². The second kappa shape index (κ2) is 8.52. The van der Waals surface area contributed by atoms with E-state index in [1.807, 2.05) is 24.4 Å². The molecule has 1 unspecified atom stereocenters. The Bertz CT molecular complexity index is 1120. The molecular formula is C24H28N4O. The Labute approximate surface area is 170 Å². The van der Waals surface area contributed by atoms with Crippen molar-refractivity contribution in [3.63, 3.8) is 0 Å². The van der Waals surface area contributed by atoms with Gasteiger partial charge in [0.15, 0.2) is 0 Å². The van der Waals surface area contributed by atoms with Crippen molar-refractivity contribution in [1.29, 1.82) is 0 Å². The summed E-state index contributed by atoms with van der Waals surface area (Å²) in [6.45, 7) is 5.25. The molecule has 0 fully saturated rings. The van der Waals surface area contributed by atoms with E-state index in [0.29, 0.717) is 11.5 Å². The zero-order valence-electron chi connectivity index (χ0n) is 17.1. The highest BCUT2D eigenvalue weighted by Gasteiger charge is 2.19. The van der Waals surface area contributed by atoms with Crippen LogP contribution >= 0.6 is 0 Å². The fraction of sp³-hybridized carbons (Fsp3) is 0.333. The molecule has 0 radical (unpaired) electrons. The summed E-state index contributed by atoms with van der Waals surface area (Å²) in [5, 5.41) is 11.3. The summed E-state index contributed by atoms with van der Waals surface area (Å²) >= 11 is 0. The van der Waals surface area contributed by atoms with E-state index in [0.717, 1.165) is 41.9 Å². The van der Waals surface area contributed by atoms with Gasteiger partial charge in [0.1, 0.15) is 0 Å². The minimum atomic E-state index is -0.163. The number of para-hydroxylation sites is 1. The predicted octanol–water partition coefficient (Wildman–Crippen LogP) is 4.79. The lowest BCUT2D eigenvalue weighted by Crippen LogP contribution is -2.15. The number of allylic oxidation sites excluding steroid dienone is 2. The Morgan fingerprint density at radius 2 is 2.07 bits per heavy atom. The van der Waals surface area contributed by atoms with E-state index in [-0.39, 0.29) is 5.56 Å². The van der Waals surface area contributed by atoms with Gasteiger partial charge in [-0.2, -0.15) is 5.10 Å². The fourth-order valence-electron chi connectivity index (χ4n) is 4.17. The number of dihydropyridines is 1. The minimum Gasteiger partial charge on any atom is -0.387 e. The Hall–Kier alpha value is -3.08. The number of benzene rings is 1. The third-order valence-electron chi connectivity index (χ3n) is 5.77. The van der Waals surface area contributed by atoms with Gasteiger partial charge in [-0.15, -0.1) is 0 Å². The quantitative estimate of drug-likeness (QED) is 0.545. The first kappa shape index (κ1) is 19.2. The van der Waals surface area contributed by atoms with Crippen LogP contribution in [0.3, 0.4) is 0 Å². The molecule has 0 saturated heterocycles. The Morgan fingerprint density at radius 3 is 2.83 bits per heavy atom. The Morgan fingerprint density at radius 1 is 1.21 bits per heavy atom. The first-order chi connectivity index (χ1) is 14.2. The Balaban J connectivity index is 1.85. The highest BCUT2D eigenvalue weighted by molar-refractivity contribution is 5.91. The van der Waals surface area contributed by atoms with Gasteiger partial charge in [0, 0.05) is 23.0 Å². The van der Waals surface area contributed by atoms with E-state index in [2.05, 4.69) is 58.6 Å². The molecule has 3 aromatic rings. The van der Waals surface area contributed by atoms with Gasteiger partial charge in [-0.3, -0.25) is 4.79 Å². The number of nitrogens with one attached hydrogen (secondary N) is 3. The van der Waals surface area contributed by atoms with Crippen molar-refractivity contribution in [3.8, 4) is 11.3 Å². The van der Waals surface area contributed by atoms with E-state index in [4.69, 9.17) is 0 Å². The summed E-state index contributed by atoms with van der Waals surface area (Å²) in [5.74, 6) is 0.605. The average molecular weight is 389 g/mol. The maximum absolute atomic E-state index is 12.8. The molecule has 5 heteroatoms. The number of nitrogens with zero attached hydrogens (tertiary/aromatic N) is 1. The third-order valence-corrected chi connectivity index (χ3v) is 5.77. The molecule has 1 aliphatic rings. The molecule has 0 amide bonds. The Kier molecular flexibility index (Phi) is 5.65. The van der Waals surface area contributed by atoms with Crippen molar-refractivity contribution in [1.82, 2.24) is 20.5 Å². The zero-order chi connectivity index (χ0) is 20.2. The van der Waals surface area contributed by atoms with Crippen LogP contribution in [0.2, 0.25) is 0 Å². The molecule has 4 rings (SSSR count). The zero-order valence-corrected chi connectivity index (χ0v) is 17.1. The smallest absolute Gasteiger partial charge is 0.273 e. The molecule has 150 valence electrons. The maximum Gasteiger partial charge on any atom is 0.273 e. The summed E-state index contributed by atoms with van der Waals surface area (Å²) < 4.78 is 0. The van der Waals surface area contributed by atoms with Crippen LogP contribution in [-0.4, -0.2) is 21.7 Å². The highest BCUT2D eigenvalue weighted by Crippen LogP contribution is 2.33. The molecule has 29 heavy (non-hydrogen) atoms. The van der Waals surface area contributed by atoms with Crippen LogP contribution in [0.25, 0.3) is 27.7 Å². The lowest BCUT2D eigenvalue weighted by atomic mass is 9.90. The van der Waals surface area contributed by atoms with Gasteiger partial charge in [-0.25, -0.2) is 5.10 Å². The molecule has 1 aliphatic heterocycles. The maximum atomic E-state index is 12.8.